The van der Waals surface area contributed by atoms with Crippen molar-refractivity contribution in [1.29, 1.82) is 0 Å². The minimum absolute atomic E-state index is 0.0986. The highest BCUT2D eigenvalue weighted by Crippen LogP contribution is 2.34. The van der Waals surface area contributed by atoms with Gasteiger partial charge in [-0.3, -0.25) is 4.79 Å². The van der Waals surface area contributed by atoms with E-state index in [0.717, 1.165) is 0 Å². The Morgan fingerprint density at radius 2 is 2.18 bits per heavy atom. The number of aromatic nitrogens is 2. The SMILES string of the molecule is CCOC(c1noc(CC(=O)O)n1)C(C)(C)C. The van der Waals surface area contributed by atoms with E-state index in [1.54, 1.807) is 0 Å². The number of carboxylic acids is 1. The van der Waals surface area contributed by atoms with E-state index in [1.807, 2.05) is 27.7 Å². The molecule has 0 amide bonds. The third-order valence-corrected chi connectivity index (χ3v) is 2.14. The van der Waals surface area contributed by atoms with E-state index in [1.165, 1.54) is 0 Å². The number of carboxylic acid groups (broad SMARTS) is 1. The van der Waals surface area contributed by atoms with Crippen LogP contribution in [0, 0.1) is 5.41 Å². The van der Waals surface area contributed by atoms with Crippen LogP contribution in [0.2, 0.25) is 0 Å². The lowest BCUT2D eigenvalue weighted by molar-refractivity contribution is -0.136. The number of ether oxygens (including phenoxy) is 1. The van der Waals surface area contributed by atoms with Gasteiger partial charge in [0.1, 0.15) is 12.5 Å². The van der Waals surface area contributed by atoms with Gasteiger partial charge in [-0.2, -0.15) is 4.98 Å². The summed E-state index contributed by atoms with van der Waals surface area (Å²) in [5, 5.41) is 12.4. The minimum atomic E-state index is -0.996. The molecule has 0 aromatic carbocycles. The molecule has 0 radical (unpaired) electrons. The Bertz CT molecular complexity index is 381. The molecule has 0 fully saturated rings. The first-order chi connectivity index (χ1) is 7.84. The fourth-order valence-electron chi connectivity index (χ4n) is 1.45. The van der Waals surface area contributed by atoms with Gasteiger partial charge in [0, 0.05) is 6.61 Å². The van der Waals surface area contributed by atoms with Crippen LogP contribution in [0.1, 0.15) is 45.5 Å². The average Bonchev–Trinajstić information content (AvgIpc) is 2.59. The fourth-order valence-corrected chi connectivity index (χ4v) is 1.45. The van der Waals surface area contributed by atoms with Crippen LogP contribution in [0.25, 0.3) is 0 Å². The van der Waals surface area contributed by atoms with Crippen molar-refractivity contribution in [2.45, 2.75) is 40.2 Å². The zero-order valence-electron chi connectivity index (χ0n) is 10.6. The summed E-state index contributed by atoms with van der Waals surface area (Å²) < 4.78 is 10.5. The molecule has 0 bridgehead atoms. The largest absolute Gasteiger partial charge is 0.481 e. The second-order valence-electron chi connectivity index (χ2n) is 4.82. The third kappa shape index (κ3) is 3.81. The van der Waals surface area contributed by atoms with Crippen LogP contribution in [0.5, 0.6) is 0 Å². The number of hydrogen-bond acceptors (Lipinski definition) is 5. The minimum Gasteiger partial charge on any atom is -0.481 e. The zero-order chi connectivity index (χ0) is 13.1. The van der Waals surface area contributed by atoms with Crippen molar-refractivity contribution in [3.8, 4) is 0 Å². The molecule has 1 N–H and O–H groups in total. The van der Waals surface area contributed by atoms with Gasteiger partial charge in [0.05, 0.1) is 0 Å². The quantitative estimate of drug-likeness (QED) is 0.847. The van der Waals surface area contributed by atoms with Crippen molar-refractivity contribution in [2.24, 2.45) is 5.41 Å². The van der Waals surface area contributed by atoms with Crippen molar-refractivity contribution in [3.05, 3.63) is 11.7 Å². The molecule has 1 rings (SSSR count). The number of hydrogen-bond donors (Lipinski definition) is 1. The lowest BCUT2D eigenvalue weighted by Crippen LogP contribution is -2.22. The van der Waals surface area contributed by atoms with Crippen LogP contribution in [-0.2, 0) is 16.0 Å². The van der Waals surface area contributed by atoms with Gasteiger partial charge in [-0.25, -0.2) is 0 Å². The van der Waals surface area contributed by atoms with Crippen LogP contribution < -0.4 is 0 Å². The van der Waals surface area contributed by atoms with Crippen LogP contribution in [0.15, 0.2) is 4.52 Å². The second-order valence-corrected chi connectivity index (χ2v) is 4.82. The first-order valence-electron chi connectivity index (χ1n) is 5.50. The molecule has 1 aromatic heterocycles. The van der Waals surface area contributed by atoms with Crippen molar-refractivity contribution in [3.63, 3.8) is 0 Å². The summed E-state index contributed by atoms with van der Waals surface area (Å²) in [6.45, 7) is 8.42. The molecule has 1 aromatic rings. The van der Waals surface area contributed by atoms with Crippen LogP contribution in [0.3, 0.4) is 0 Å². The van der Waals surface area contributed by atoms with Crippen molar-refractivity contribution in [2.75, 3.05) is 6.61 Å². The maximum Gasteiger partial charge on any atom is 0.312 e. The van der Waals surface area contributed by atoms with Gasteiger partial charge in [-0.15, -0.1) is 0 Å². The Morgan fingerprint density at radius 1 is 1.53 bits per heavy atom. The molecule has 0 aliphatic rings. The molecule has 0 aliphatic carbocycles. The summed E-state index contributed by atoms with van der Waals surface area (Å²) in [5.41, 5.74) is -0.180. The molecule has 6 nitrogen and oxygen atoms in total. The first-order valence-corrected chi connectivity index (χ1v) is 5.50. The van der Waals surface area contributed by atoms with Gasteiger partial charge in [-0.05, 0) is 12.3 Å². The van der Waals surface area contributed by atoms with E-state index in [4.69, 9.17) is 14.4 Å². The van der Waals surface area contributed by atoms with E-state index in [9.17, 15) is 4.79 Å². The van der Waals surface area contributed by atoms with Crippen molar-refractivity contribution in [1.82, 2.24) is 10.1 Å². The molecule has 0 spiro atoms. The Hall–Kier alpha value is -1.43. The standard InChI is InChI=1S/C11H18N2O4/c1-5-16-9(11(2,3)4)10-12-7(17-13-10)6-8(14)15/h9H,5-6H2,1-4H3,(H,14,15). The highest BCUT2D eigenvalue weighted by Gasteiger charge is 2.31. The second kappa shape index (κ2) is 5.27. The molecule has 6 heteroatoms. The molecule has 96 valence electrons. The fraction of sp³-hybridized carbons (Fsp3) is 0.727. The highest BCUT2D eigenvalue weighted by atomic mass is 16.5. The predicted molar refractivity (Wildman–Crippen MR) is 59.5 cm³/mol. The van der Waals surface area contributed by atoms with Crippen LogP contribution in [0.4, 0.5) is 0 Å². The summed E-state index contributed by atoms with van der Waals surface area (Å²) in [6, 6.07) is 0. The normalized spacial score (nSPS) is 13.6. The number of carbonyl (C=O) groups is 1. The van der Waals surface area contributed by atoms with Gasteiger partial charge < -0.3 is 14.4 Å². The zero-order valence-corrected chi connectivity index (χ0v) is 10.6. The lowest BCUT2D eigenvalue weighted by Gasteiger charge is -2.27. The third-order valence-electron chi connectivity index (χ3n) is 2.14. The lowest BCUT2D eigenvalue weighted by atomic mass is 9.88. The molecule has 1 atom stereocenters. The first kappa shape index (κ1) is 13.6. The van der Waals surface area contributed by atoms with E-state index in [0.29, 0.717) is 12.4 Å². The number of rotatable bonds is 5. The molecule has 0 aliphatic heterocycles. The summed E-state index contributed by atoms with van der Waals surface area (Å²) in [6.07, 6.45) is -0.575. The van der Waals surface area contributed by atoms with Crippen LogP contribution in [-0.4, -0.2) is 27.8 Å². The number of aliphatic carboxylic acids is 1. The summed E-state index contributed by atoms with van der Waals surface area (Å²) >= 11 is 0. The van der Waals surface area contributed by atoms with Gasteiger partial charge in [0.2, 0.25) is 11.7 Å². The van der Waals surface area contributed by atoms with E-state index < -0.39 is 5.97 Å². The predicted octanol–water partition coefficient (Wildman–Crippen LogP) is 1.82. The topological polar surface area (TPSA) is 85.5 Å². The van der Waals surface area contributed by atoms with Crippen molar-refractivity contribution >= 4 is 5.97 Å². The van der Waals surface area contributed by atoms with Gasteiger partial charge in [0.15, 0.2) is 0 Å². The Kier molecular flexibility index (Phi) is 4.22. The molecular formula is C11H18N2O4. The molecule has 0 saturated carbocycles. The maximum absolute atomic E-state index is 10.5. The smallest absolute Gasteiger partial charge is 0.312 e. The molecular weight excluding hydrogens is 224 g/mol. The monoisotopic (exact) mass is 242 g/mol. The Balaban J connectivity index is 2.88. The van der Waals surface area contributed by atoms with E-state index >= 15 is 0 Å². The van der Waals surface area contributed by atoms with Crippen molar-refractivity contribution < 1.29 is 19.2 Å². The Morgan fingerprint density at radius 3 is 2.65 bits per heavy atom. The molecule has 17 heavy (non-hydrogen) atoms. The molecule has 1 unspecified atom stereocenters. The number of nitrogens with zero attached hydrogens (tertiary/aromatic N) is 2. The highest BCUT2D eigenvalue weighted by molar-refractivity contribution is 5.68. The molecule has 1 heterocycles. The van der Waals surface area contributed by atoms with E-state index in [2.05, 4.69) is 10.1 Å². The van der Waals surface area contributed by atoms with Gasteiger partial charge in [-0.1, -0.05) is 25.9 Å². The van der Waals surface area contributed by atoms with Gasteiger partial charge in [0.25, 0.3) is 0 Å². The maximum atomic E-state index is 10.5. The van der Waals surface area contributed by atoms with Crippen LogP contribution >= 0.6 is 0 Å². The van der Waals surface area contributed by atoms with Gasteiger partial charge >= 0.3 is 5.97 Å². The summed E-state index contributed by atoms with van der Waals surface area (Å²) in [4.78, 5) is 14.6. The molecule has 0 saturated heterocycles. The Labute approximate surface area is 100.0 Å². The average molecular weight is 242 g/mol. The van der Waals surface area contributed by atoms with E-state index in [-0.39, 0.29) is 23.8 Å². The summed E-state index contributed by atoms with van der Waals surface area (Å²) in [7, 11) is 0. The summed E-state index contributed by atoms with van der Waals surface area (Å²) in [5.74, 6) is -0.499.